The van der Waals surface area contributed by atoms with Gasteiger partial charge in [-0.1, -0.05) is 52.3 Å². The first kappa shape index (κ1) is 44.7. The van der Waals surface area contributed by atoms with Crippen LogP contribution in [0.25, 0.3) is 11.1 Å². The summed E-state index contributed by atoms with van der Waals surface area (Å²) in [5.74, 6) is -4.81. The molecule has 57 heavy (non-hydrogen) atoms. The quantitative estimate of drug-likeness (QED) is 0.146. The van der Waals surface area contributed by atoms with Crippen LogP contribution in [0.5, 0.6) is 11.5 Å². The lowest BCUT2D eigenvalue weighted by atomic mass is 9.87. The van der Waals surface area contributed by atoms with Crippen LogP contribution in [0, 0.1) is 17.8 Å². The molecule has 13 nitrogen and oxygen atoms in total. The first-order valence-electron chi connectivity index (χ1n) is 20.3. The molecule has 2 aliphatic heterocycles. The number of likely N-dealkylation sites (N-methyl/N-ethyl adjacent to an activating group) is 1. The fourth-order valence-electron chi connectivity index (χ4n) is 8.04. The van der Waals surface area contributed by atoms with Crippen molar-refractivity contribution < 1.29 is 39.0 Å². The van der Waals surface area contributed by atoms with Crippen LogP contribution >= 0.6 is 0 Å². The fourth-order valence-corrected chi connectivity index (χ4v) is 8.04. The van der Waals surface area contributed by atoms with Crippen molar-refractivity contribution in [2.24, 2.45) is 29.2 Å². The van der Waals surface area contributed by atoms with E-state index in [0.717, 1.165) is 12.8 Å². The Morgan fingerprint density at radius 3 is 2.35 bits per heavy atom. The number of carbonyl (C=O) groups excluding carboxylic acids is 6. The van der Waals surface area contributed by atoms with Crippen LogP contribution < -0.4 is 16.8 Å². The minimum Gasteiger partial charge on any atom is -0.507 e. The van der Waals surface area contributed by atoms with Gasteiger partial charge in [-0.2, -0.15) is 0 Å². The lowest BCUT2D eigenvalue weighted by Crippen LogP contribution is -2.47. The van der Waals surface area contributed by atoms with Gasteiger partial charge < -0.3 is 36.8 Å². The van der Waals surface area contributed by atoms with Gasteiger partial charge in [0, 0.05) is 73.9 Å². The molecular formula is C44H61N5O8. The van der Waals surface area contributed by atoms with Gasteiger partial charge in [-0.3, -0.25) is 28.8 Å². The van der Waals surface area contributed by atoms with Crippen LogP contribution in [0.4, 0.5) is 0 Å². The second-order valence-electron chi connectivity index (χ2n) is 16.0. The maximum absolute atomic E-state index is 14.4. The minimum atomic E-state index is -1.22. The molecule has 310 valence electrons. The number of hydrogen-bond acceptors (Lipinski definition) is 10. The summed E-state index contributed by atoms with van der Waals surface area (Å²) in [7, 11) is 1.50. The number of phenols is 2. The summed E-state index contributed by atoms with van der Waals surface area (Å²) in [4.78, 5) is 86.0. The Bertz CT molecular complexity index is 1830. The number of nitrogens with zero attached hydrogens (tertiary/aromatic N) is 2. The Hall–Kier alpha value is -5.04. The third-order valence-electron chi connectivity index (χ3n) is 11.4. The second-order valence-corrected chi connectivity index (χ2v) is 16.0. The van der Waals surface area contributed by atoms with Crippen LogP contribution in [-0.4, -0.2) is 87.3 Å². The molecule has 1 fully saturated rings. The van der Waals surface area contributed by atoms with Gasteiger partial charge in [-0.05, 0) is 80.5 Å². The number of likely N-dealkylation sites (tertiary alicyclic amines) is 1. The van der Waals surface area contributed by atoms with Gasteiger partial charge in [-0.25, -0.2) is 0 Å². The van der Waals surface area contributed by atoms with Crippen LogP contribution in [-0.2, 0) is 35.2 Å². The molecule has 4 rings (SSSR count). The Kier molecular flexibility index (Phi) is 16.0. The van der Waals surface area contributed by atoms with Crippen molar-refractivity contribution in [3.8, 4) is 22.6 Å². The normalized spacial score (nSPS) is 20.9. The van der Waals surface area contributed by atoms with Gasteiger partial charge in [0.2, 0.25) is 17.7 Å². The van der Waals surface area contributed by atoms with E-state index in [4.69, 9.17) is 11.5 Å². The van der Waals surface area contributed by atoms with Crippen molar-refractivity contribution in [3.05, 3.63) is 59.8 Å². The Morgan fingerprint density at radius 1 is 1.00 bits per heavy atom. The van der Waals surface area contributed by atoms with Gasteiger partial charge in [0.1, 0.15) is 23.3 Å². The highest BCUT2D eigenvalue weighted by molar-refractivity contribution is 5.97. The van der Waals surface area contributed by atoms with Crippen molar-refractivity contribution in [2.75, 3.05) is 20.1 Å². The molecule has 0 aromatic heterocycles. The monoisotopic (exact) mass is 787 g/mol. The molecule has 0 unspecified atom stereocenters. The molecule has 0 saturated carbocycles. The lowest BCUT2D eigenvalue weighted by Gasteiger charge is -2.32. The maximum Gasteiger partial charge on any atom is 0.226 e. The highest BCUT2D eigenvalue weighted by Crippen LogP contribution is 2.40. The van der Waals surface area contributed by atoms with Crippen molar-refractivity contribution in [1.82, 2.24) is 15.1 Å². The minimum absolute atomic E-state index is 0.00815. The van der Waals surface area contributed by atoms with Gasteiger partial charge in [0.15, 0.2) is 11.6 Å². The van der Waals surface area contributed by atoms with Crippen LogP contribution in [0.3, 0.4) is 0 Å². The van der Waals surface area contributed by atoms with Gasteiger partial charge in [-0.15, -0.1) is 0 Å². The molecule has 4 bridgehead atoms. The Balaban J connectivity index is 1.72. The van der Waals surface area contributed by atoms with E-state index in [1.54, 1.807) is 36.9 Å². The summed E-state index contributed by atoms with van der Waals surface area (Å²) >= 11 is 0. The summed E-state index contributed by atoms with van der Waals surface area (Å²) in [5.41, 5.74) is 13.4. The third-order valence-corrected chi connectivity index (χ3v) is 11.4. The number of benzene rings is 2. The number of carbonyl (C=O) groups is 6. The Morgan fingerprint density at radius 2 is 1.68 bits per heavy atom. The van der Waals surface area contributed by atoms with E-state index in [-0.39, 0.29) is 66.0 Å². The van der Waals surface area contributed by atoms with Crippen LogP contribution in [0.2, 0.25) is 0 Å². The van der Waals surface area contributed by atoms with Gasteiger partial charge >= 0.3 is 0 Å². The number of rotatable bonds is 16. The number of unbranched alkanes of at least 4 members (excludes halogenated alkanes) is 2. The molecule has 7 N–H and O–H groups in total. The number of ketones is 3. The molecule has 2 heterocycles. The van der Waals surface area contributed by atoms with E-state index in [1.165, 1.54) is 30.1 Å². The predicted octanol–water partition coefficient (Wildman–Crippen LogP) is 4.85. The number of nitrogens with one attached hydrogen (secondary N) is 1. The molecule has 2 aliphatic rings. The fraction of sp³-hybridized carbons (Fsp3) is 0.545. The smallest absolute Gasteiger partial charge is 0.226 e. The SMILES string of the molecule is C=C(N)[C@@H]1CCCN1C(=O)[C@H](C)CC(=O)[C@@H]1Cc2ccc(O)c(c2)-c2cc(ccc2O)[C@H](N(C)C(=O)[C@H](CCCCN)CC(=O)CCCC)C(=O)C[C@@H](C)C(=O)N1. The predicted molar refractivity (Wildman–Crippen MR) is 218 cm³/mol. The van der Waals surface area contributed by atoms with E-state index in [1.807, 2.05) is 6.92 Å². The summed E-state index contributed by atoms with van der Waals surface area (Å²) in [6.07, 6.45) is 4.59. The highest BCUT2D eigenvalue weighted by Gasteiger charge is 2.37. The number of nitrogens with two attached hydrogens (primary N) is 2. The highest BCUT2D eigenvalue weighted by atomic mass is 16.3. The summed E-state index contributed by atoms with van der Waals surface area (Å²) < 4.78 is 0. The van der Waals surface area contributed by atoms with E-state index in [2.05, 4.69) is 11.9 Å². The van der Waals surface area contributed by atoms with Crippen molar-refractivity contribution >= 4 is 35.1 Å². The van der Waals surface area contributed by atoms with Gasteiger partial charge in [0.25, 0.3) is 0 Å². The van der Waals surface area contributed by atoms with E-state index >= 15 is 0 Å². The van der Waals surface area contributed by atoms with Gasteiger partial charge in [0.05, 0.1) is 12.1 Å². The molecule has 1 saturated heterocycles. The molecular weight excluding hydrogens is 727 g/mol. The third kappa shape index (κ3) is 11.3. The number of Topliss-reactive ketones (excluding diaryl/α,β-unsaturated/α-hetero) is 3. The molecule has 3 amide bonds. The molecule has 6 atom stereocenters. The first-order valence-corrected chi connectivity index (χ1v) is 20.3. The van der Waals surface area contributed by atoms with E-state index in [9.17, 15) is 39.0 Å². The number of hydrogen-bond donors (Lipinski definition) is 5. The largest absolute Gasteiger partial charge is 0.507 e. The Labute approximate surface area is 336 Å². The lowest BCUT2D eigenvalue weighted by molar-refractivity contribution is -0.144. The average molecular weight is 788 g/mol. The summed E-state index contributed by atoms with van der Waals surface area (Å²) in [6.45, 7) is 9.97. The molecule has 0 spiro atoms. The zero-order valence-corrected chi connectivity index (χ0v) is 33.9. The number of fused-ring (bicyclic) bond motifs is 5. The van der Waals surface area contributed by atoms with Crippen molar-refractivity contribution in [1.29, 1.82) is 0 Å². The standard InChI is InChI=1S/C44H61N5O8/c1-6-7-12-32(50)24-31(11-8-9-18-45)44(57)48(5)41-30-15-17-38(52)34(25-30)33-22-29(14-16-37(33)51)23-35(47-42(55)26(2)20-40(41)54)39(53)21-27(3)43(56)49-19-10-13-36(49)28(4)46/h14-17,22,25-27,31,35-36,41,51-52H,4,6-13,18-21,23-24,45-46H2,1-3,5H3,(H,47,55)/t26-,27-,31-,35+,36+,41+/m1/s1. The zero-order chi connectivity index (χ0) is 42.0. The second kappa shape index (κ2) is 20.4. The molecule has 0 aliphatic carbocycles. The molecule has 0 radical (unpaired) electrons. The number of aromatic hydroxyl groups is 2. The first-order chi connectivity index (χ1) is 27.1. The topological polar surface area (TPSA) is 213 Å². The number of phenolic OH excluding ortho intramolecular Hbond substituents is 2. The molecule has 13 heteroatoms. The van der Waals surface area contributed by atoms with E-state index in [0.29, 0.717) is 68.4 Å². The van der Waals surface area contributed by atoms with Crippen molar-refractivity contribution in [2.45, 2.75) is 116 Å². The van der Waals surface area contributed by atoms with E-state index < -0.39 is 53.2 Å². The summed E-state index contributed by atoms with van der Waals surface area (Å²) in [6, 6.07) is 6.49. The average Bonchev–Trinajstić information content (AvgIpc) is 3.67. The van der Waals surface area contributed by atoms with Crippen LogP contribution in [0.1, 0.15) is 109 Å². The summed E-state index contributed by atoms with van der Waals surface area (Å²) in [5, 5.41) is 25.0. The van der Waals surface area contributed by atoms with Crippen LogP contribution in [0.15, 0.2) is 48.7 Å². The zero-order valence-electron chi connectivity index (χ0n) is 33.9. The van der Waals surface area contributed by atoms with Crippen molar-refractivity contribution in [3.63, 3.8) is 0 Å². The molecule has 2 aromatic carbocycles. The number of amides is 3. The maximum atomic E-state index is 14.4. The molecule has 2 aromatic rings.